The molecule has 1 N–H and O–H groups in total. The summed E-state index contributed by atoms with van der Waals surface area (Å²) in [6, 6.07) is 25.3. The number of carbonyl (C=O) groups is 2. The summed E-state index contributed by atoms with van der Waals surface area (Å²) in [5.41, 5.74) is 2.36. The predicted molar refractivity (Wildman–Crippen MR) is 159 cm³/mol. The van der Waals surface area contributed by atoms with Crippen LogP contribution in [0.1, 0.15) is 37.3 Å². The average molecular weight is 566 g/mol. The molecule has 0 heterocycles. The van der Waals surface area contributed by atoms with Crippen LogP contribution >= 0.6 is 0 Å². The van der Waals surface area contributed by atoms with Gasteiger partial charge in [-0.25, -0.2) is 8.42 Å². The van der Waals surface area contributed by atoms with E-state index in [0.717, 1.165) is 23.8 Å². The fourth-order valence-corrected chi connectivity index (χ4v) is 5.42. The van der Waals surface area contributed by atoms with Crippen LogP contribution < -0.4 is 14.4 Å². The van der Waals surface area contributed by atoms with Gasteiger partial charge in [0.2, 0.25) is 21.8 Å². The average Bonchev–Trinajstić information content (AvgIpc) is 2.96. The molecule has 0 aliphatic rings. The van der Waals surface area contributed by atoms with Gasteiger partial charge < -0.3 is 15.0 Å². The Morgan fingerprint density at radius 3 is 2.05 bits per heavy atom. The molecule has 0 aliphatic carbocycles. The van der Waals surface area contributed by atoms with Crippen LogP contribution in [0.4, 0.5) is 5.69 Å². The largest absolute Gasteiger partial charge is 0.497 e. The first-order chi connectivity index (χ1) is 19.2. The lowest BCUT2D eigenvalue weighted by Crippen LogP contribution is -2.50. The second-order valence-electron chi connectivity index (χ2n) is 9.64. The molecule has 0 saturated heterocycles. The molecular formula is C31H39N3O5S. The molecule has 1 atom stereocenters. The van der Waals surface area contributed by atoms with Crippen molar-refractivity contribution in [2.24, 2.45) is 0 Å². The van der Waals surface area contributed by atoms with Crippen LogP contribution in [0.5, 0.6) is 5.75 Å². The summed E-state index contributed by atoms with van der Waals surface area (Å²) in [7, 11) is -2.04. The number of methoxy groups -OCH3 is 1. The van der Waals surface area contributed by atoms with Crippen molar-refractivity contribution in [1.82, 2.24) is 10.2 Å². The monoisotopic (exact) mass is 565 g/mol. The van der Waals surface area contributed by atoms with Gasteiger partial charge >= 0.3 is 0 Å². The van der Waals surface area contributed by atoms with Crippen LogP contribution in [0.3, 0.4) is 0 Å². The zero-order chi connectivity index (χ0) is 29.0. The minimum absolute atomic E-state index is 0.0847. The molecule has 0 aromatic heterocycles. The number of sulfonamides is 1. The molecule has 0 spiro atoms. The summed E-state index contributed by atoms with van der Waals surface area (Å²) >= 11 is 0. The van der Waals surface area contributed by atoms with E-state index in [0.29, 0.717) is 24.4 Å². The topological polar surface area (TPSA) is 96.0 Å². The second kappa shape index (κ2) is 15.1. The van der Waals surface area contributed by atoms with Gasteiger partial charge in [0.1, 0.15) is 11.8 Å². The molecule has 2 amide bonds. The van der Waals surface area contributed by atoms with Crippen LogP contribution in [0.15, 0.2) is 84.9 Å². The first-order valence-electron chi connectivity index (χ1n) is 13.5. The molecule has 3 rings (SSSR count). The van der Waals surface area contributed by atoms with E-state index >= 15 is 0 Å². The van der Waals surface area contributed by atoms with Crippen molar-refractivity contribution in [2.45, 2.75) is 45.2 Å². The smallest absolute Gasteiger partial charge is 0.243 e. The summed E-state index contributed by atoms with van der Waals surface area (Å²) in [6.07, 6.45) is 2.67. The molecule has 0 fully saturated rings. The van der Waals surface area contributed by atoms with Crippen molar-refractivity contribution in [3.63, 3.8) is 0 Å². The minimum Gasteiger partial charge on any atom is -0.497 e. The summed E-state index contributed by atoms with van der Waals surface area (Å²) in [5.74, 6) is 0.209. The van der Waals surface area contributed by atoms with Crippen LogP contribution in [0.2, 0.25) is 0 Å². The Bertz CT molecular complexity index is 1320. The Balaban J connectivity index is 1.83. The highest BCUT2D eigenvalue weighted by atomic mass is 32.2. The summed E-state index contributed by atoms with van der Waals surface area (Å²) < 4.78 is 31.6. The number of hydrogen-bond acceptors (Lipinski definition) is 5. The Labute approximate surface area is 238 Å². The number of benzene rings is 3. The number of hydrogen-bond donors (Lipinski definition) is 1. The summed E-state index contributed by atoms with van der Waals surface area (Å²) in [4.78, 5) is 28.8. The Morgan fingerprint density at radius 2 is 1.50 bits per heavy atom. The molecule has 0 aliphatic heterocycles. The van der Waals surface area contributed by atoms with E-state index in [1.54, 1.807) is 36.3 Å². The third kappa shape index (κ3) is 9.12. The van der Waals surface area contributed by atoms with Gasteiger partial charge in [-0.05, 0) is 48.2 Å². The van der Waals surface area contributed by atoms with Gasteiger partial charge in [0.25, 0.3) is 0 Å². The Kier molecular flexibility index (Phi) is 11.6. The van der Waals surface area contributed by atoms with Crippen molar-refractivity contribution in [2.75, 3.05) is 30.8 Å². The van der Waals surface area contributed by atoms with E-state index in [4.69, 9.17) is 4.74 Å². The van der Waals surface area contributed by atoms with E-state index in [9.17, 15) is 18.0 Å². The molecule has 8 nitrogen and oxygen atoms in total. The first kappa shape index (κ1) is 30.7. The molecule has 0 unspecified atom stereocenters. The number of rotatable bonds is 15. The maximum absolute atomic E-state index is 13.8. The molecular weight excluding hydrogens is 526 g/mol. The predicted octanol–water partition coefficient (Wildman–Crippen LogP) is 4.41. The number of nitrogens with zero attached hydrogens (tertiary/aromatic N) is 2. The lowest BCUT2D eigenvalue weighted by Gasteiger charge is -2.32. The van der Waals surface area contributed by atoms with Gasteiger partial charge in [-0.15, -0.1) is 0 Å². The van der Waals surface area contributed by atoms with Gasteiger partial charge in [-0.1, -0.05) is 67.6 Å². The molecule has 3 aromatic rings. The fourth-order valence-electron chi connectivity index (χ4n) is 4.45. The summed E-state index contributed by atoms with van der Waals surface area (Å²) in [6.45, 7) is 2.89. The quantitative estimate of drug-likeness (QED) is 0.295. The summed E-state index contributed by atoms with van der Waals surface area (Å²) in [5, 5.41) is 2.97. The van der Waals surface area contributed by atoms with Crippen molar-refractivity contribution in [3.8, 4) is 5.75 Å². The van der Waals surface area contributed by atoms with Gasteiger partial charge in [0, 0.05) is 32.5 Å². The number of amides is 2. The second-order valence-corrected chi connectivity index (χ2v) is 11.5. The van der Waals surface area contributed by atoms with E-state index in [1.807, 2.05) is 67.6 Å². The van der Waals surface area contributed by atoms with Gasteiger partial charge in [-0.2, -0.15) is 0 Å². The Hall–Kier alpha value is -3.85. The van der Waals surface area contributed by atoms with E-state index in [-0.39, 0.29) is 37.7 Å². The van der Waals surface area contributed by atoms with E-state index < -0.39 is 16.1 Å². The molecule has 0 bridgehead atoms. The minimum atomic E-state index is -3.58. The lowest BCUT2D eigenvalue weighted by molar-refractivity contribution is -0.141. The van der Waals surface area contributed by atoms with Crippen LogP contribution in [-0.2, 0) is 32.6 Å². The van der Waals surface area contributed by atoms with Gasteiger partial charge in [0.05, 0.1) is 19.1 Å². The third-order valence-corrected chi connectivity index (χ3v) is 7.72. The maximum atomic E-state index is 13.8. The van der Waals surface area contributed by atoms with Crippen molar-refractivity contribution < 1.29 is 22.7 Å². The standard InChI is InChI=1S/C31H39N3O5S/c1-4-21-32-31(36)29(23-25-12-7-5-8-13-25)33(24-26-14-9-6-10-15-26)30(35)16-11-22-34(40(3,37)38)27-17-19-28(39-2)20-18-27/h5-10,12-15,17-20,29H,4,11,16,21-24H2,1-3H3,(H,32,36)/t29-/m0/s1. The Morgan fingerprint density at radius 1 is 0.900 bits per heavy atom. The van der Waals surface area contributed by atoms with Crippen LogP contribution in [0.25, 0.3) is 0 Å². The van der Waals surface area contributed by atoms with Crippen LogP contribution in [0, 0.1) is 0 Å². The van der Waals surface area contributed by atoms with Crippen molar-refractivity contribution >= 4 is 27.5 Å². The SMILES string of the molecule is CCCNC(=O)[C@H](Cc1ccccc1)N(Cc1ccccc1)C(=O)CCCN(c1ccc(OC)cc1)S(C)(=O)=O. The number of anilines is 1. The van der Waals surface area contributed by atoms with Gasteiger partial charge in [-0.3, -0.25) is 13.9 Å². The van der Waals surface area contributed by atoms with E-state index in [2.05, 4.69) is 5.32 Å². The molecule has 9 heteroatoms. The highest BCUT2D eigenvalue weighted by molar-refractivity contribution is 7.92. The van der Waals surface area contributed by atoms with Crippen molar-refractivity contribution in [1.29, 1.82) is 0 Å². The third-order valence-electron chi connectivity index (χ3n) is 6.53. The molecule has 40 heavy (non-hydrogen) atoms. The van der Waals surface area contributed by atoms with Crippen LogP contribution in [-0.4, -0.2) is 57.6 Å². The highest BCUT2D eigenvalue weighted by Crippen LogP contribution is 2.23. The zero-order valence-corrected chi connectivity index (χ0v) is 24.3. The highest BCUT2D eigenvalue weighted by Gasteiger charge is 2.30. The zero-order valence-electron chi connectivity index (χ0n) is 23.5. The number of nitrogens with one attached hydrogen (secondary N) is 1. The molecule has 0 radical (unpaired) electrons. The molecule has 3 aromatic carbocycles. The fraction of sp³-hybridized carbons (Fsp3) is 0.355. The van der Waals surface area contributed by atoms with E-state index in [1.165, 1.54) is 4.31 Å². The lowest BCUT2D eigenvalue weighted by atomic mass is 10.0. The molecule has 214 valence electrons. The number of ether oxygens (including phenoxy) is 1. The molecule has 0 saturated carbocycles. The first-order valence-corrected chi connectivity index (χ1v) is 15.3. The normalized spacial score (nSPS) is 11.9. The van der Waals surface area contributed by atoms with Crippen molar-refractivity contribution in [3.05, 3.63) is 96.1 Å². The van der Waals surface area contributed by atoms with Gasteiger partial charge in [0.15, 0.2) is 0 Å². The number of carbonyl (C=O) groups excluding carboxylic acids is 2. The maximum Gasteiger partial charge on any atom is 0.243 e.